The van der Waals surface area contributed by atoms with Crippen LogP contribution in [0.2, 0.25) is 0 Å². The summed E-state index contributed by atoms with van der Waals surface area (Å²) in [6.45, 7) is 0. The maximum atomic E-state index is 1.58. The molecule has 1 heteroatoms. The number of hydrogen-bond donors (Lipinski definition) is 1. The minimum atomic E-state index is 0. The second kappa shape index (κ2) is 6.44. The fourth-order valence-electron chi connectivity index (χ4n) is 3.32. The second-order valence-electron chi connectivity index (χ2n) is 5.24. The zero-order valence-corrected chi connectivity index (χ0v) is 9.64. The third-order valence-electron chi connectivity index (χ3n) is 4.12. The quantitative estimate of drug-likeness (QED) is 0.684. The molecule has 0 saturated heterocycles. The molecule has 0 aromatic rings. The zero-order valence-electron chi connectivity index (χ0n) is 9.64. The predicted octanol–water partition coefficient (Wildman–Crippen LogP) is 4.70. The van der Waals surface area contributed by atoms with E-state index in [1.165, 1.54) is 38.5 Å². The molecule has 3 N–H and O–H groups in total. The van der Waals surface area contributed by atoms with Gasteiger partial charge in [0, 0.05) is 0 Å². The lowest BCUT2D eigenvalue weighted by molar-refractivity contribution is 0.244. The lowest BCUT2D eigenvalue weighted by Crippen LogP contribution is -2.14. The van der Waals surface area contributed by atoms with E-state index in [-0.39, 0.29) is 6.15 Å². The molecule has 0 heterocycles. The molecule has 0 aromatic heterocycles. The molecular weight excluding hydrogens is 170 g/mol. The van der Waals surface area contributed by atoms with Crippen LogP contribution in [0.5, 0.6) is 0 Å². The van der Waals surface area contributed by atoms with Crippen LogP contribution in [0.4, 0.5) is 0 Å². The van der Waals surface area contributed by atoms with Gasteiger partial charge in [0.2, 0.25) is 0 Å². The first-order valence-corrected chi connectivity index (χ1v) is 6.45. The van der Waals surface area contributed by atoms with E-state index in [4.69, 9.17) is 0 Å². The average molecular weight is 197 g/mol. The second-order valence-corrected chi connectivity index (χ2v) is 5.24. The van der Waals surface area contributed by atoms with Crippen molar-refractivity contribution in [1.82, 2.24) is 6.15 Å². The monoisotopic (exact) mass is 197 g/mol. The molecule has 2 rings (SSSR count). The molecule has 0 unspecified atom stereocenters. The Bertz CT molecular complexity index is 116. The maximum Gasteiger partial charge on any atom is -0.0412 e. The van der Waals surface area contributed by atoms with Gasteiger partial charge in [-0.3, -0.25) is 0 Å². The Balaban J connectivity index is 0.000000980. The fourth-order valence-corrected chi connectivity index (χ4v) is 3.32. The molecule has 0 spiro atoms. The molecule has 2 saturated carbocycles. The third-order valence-corrected chi connectivity index (χ3v) is 4.12. The Morgan fingerprint density at radius 1 is 0.571 bits per heavy atom. The summed E-state index contributed by atoms with van der Waals surface area (Å²) >= 11 is 0. The van der Waals surface area contributed by atoms with Gasteiger partial charge >= 0.3 is 0 Å². The summed E-state index contributed by atoms with van der Waals surface area (Å²) in [7, 11) is 0. The fraction of sp³-hybridized carbons (Fsp3) is 1.00. The molecule has 0 bridgehead atoms. The topological polar surface area (TPSA) is 35.0 Å². The largest absolute Gasteiger partial charge is 0.344 e. The van der Waals surface area contributed by atoms with Crippen LogP contribution in [-0.4, -0.2) is 0 Å². The van der Waals surface area contributed by atoms with Crippen LogP contribution in [0.15, 0.2) is 0 Å². The molecule has 0 aromatic carbocycles. The van der Waals surface area contributed by atoms with Crippen molar-refractivity contribution in [1.29, 1.82) is 0 Å². The van der Waals surface area contributed by atoms with Crippen LogP contribution in [0.1, 0.15) is 70.6 Å². The van der Waals surface area contributed by atoms with E-state index in [2.05, 4.69) is 0 Å². The van der Waals surface area contributed by atoms with Crippen LogP contribution in [-0.2, 0) is 0 Å². The van der Waals surface area contributed by atoms with Crippen molar-refractivity contribution in [3.05, 3.63) is 0 Å². The minimum Gasteiger partial charge on any atom is -0.344 e. The molecule has 84 valence electrons. The van der Waals surface area contributed by atoms with Gasteiger partial charge in [0.1, 0.15) is 0 Å². The van der Waals surface area contributed by atoms with Gasteiger partial charge in [-0.15, -0.1) is 0 Å². The molecule has 2 aliphatic carbocycles. The summed E-state index contributed by atoms with van der Waals surface area (Å²) in [5.41, 5.74) is 0. The van der Waals surface area contributed by atoms with Crippen LogP contribution in [0.3, 0.4) is 0 Å². The zero-order chi connectivity index (χ0) is 8.93. The summed E-state index contributed by atoms with van der Waals surface area (Å²) in [6.07, 6.45) is 16.9. The highest BCUT2D eigenvalue weighted by molar-refractivity contribution is 4.73. The predicted molar refractivity (Wildman–Crippen MR) is 62.8 cm³/mol. The highest BCUT2D eigenvalue weighted by atomic mass is 14.3. The highest BCUT2D eigenvalue weighted by Crippen LogP contribution is 2.34. The van der Waals surface area contributed by atoms with Gasteiger partial charge in [-0.05, 0) is 18.3 Å². The lowest BCUT2D eigenvalue weighted by Gasteiger charge is -2.28. The Morgan fingerprint density at radius 2 is 0.929 bits per heavy atom. The third kappa shape index (κ3) is 3.61. The Labute approximate surface area is 89.2 Å². The van der Waals surface area contributed by atoms with Crippen LogP contribution in [0.25, 0.3) is 0 Å². The smallest absolute Gasteiger partial charge is 0.0412 e. The molecule has 2 aliphatic rings. The summed E-state index contributed by atoms with van der Waals surface area (Å²) < 4.78 is 0. The highest BCUT2D eigenvalue weighted by Gasteiger charge is 2.20. The summed E-state index contributed by atoms with van der Waals surface area (Å²) in [5, 5.41) is 0. The molecule has 0 aliphatic heterocycles. The summed E-state index contributed by atoms with van der Waals surface area (Å²) in [5.74, 6) is 2.24. The molecule has 0 radical (unpaired) electrons. The van der Waals surface area contributed by atoms with Crippen LogP contribution < -0.4 is 6.15 Å². The van der Waals surface area contributed by atoms with E-state index in [1.54, 1.807) is 32.1 Å². The molecule has 0 atom stereocenters. The van der Waals surface area contributed by atoms with E-state index in [1.807, 2.05) is 0 Å². The van der Waals surface area contributed by atoms with Gasteiger partial charge in [-0.2, -0.15) is 0 Å². The summed E-state index contributed by atoms with van der Waals surface area (Å²) in [4.78, 5) is 0. The van der Waals surface area contributed by atoms with Crippen molar-refractivity contribution < 1.29 is 0 Å². The normalized spacial score (nSPS) is 25.7. The summed E-state index contributed by atoms with van der Waals surface area (Å²) in [6, 6.07) is 0. The number of rotatable bonds is 2. The van der Waals surface area contributed by atoms with E-state index < -0.39 is 0 Å². The molecule has 2 fully saturated rings. The Morgan fingerprint density at radius 3 is 1.29 bits per heavy atom. The molecule has 1 nitrogen and oxygen atoms in total. The van der Waals surface area contributed by atoms with Gasteiger partial charge in [0.25, 0.3) is 0 Å². The van der Waals surface area contributed by atoms with Gasteiger partial charge < -0.3 is 6.15 Å². The molecular formula is C13H27N. The first-order valence-electron chi connectivity index (χ1n) is 6.45. The van der Waals surface area contributed by atoms with Gasteiger partial charge in [0.15, 0.2) is 0 Å². The maximum absolute atomic E-state index is 1.58. The van der Waals surface area contributed by atoms with Crippen molar-refractivity contribution in [2.45, 2.75) is 70.6 Å². The first-order chi connectivity index (χ1) is 6.45. The van der Waals surface area contributed by atoms with Crippen LogP contribution in [0, 0.1) is 11.8 Å². The van der Waals surface area contributed by atoms with E-state index in [0.29, 0.717) is 0 Å². The average Bonchev–Trinajstić information content (AvgIpc) is 2.21. The number of hydrogen-bond acceptors (Lipinski definition) is 1. The lowest BCUT2D eigenvalue weighted by atomic mass is 9.78. The first kappa shape index (κ1) is 12.0. The van der Waals surface area contributed by atoms with Gasteiger partial charge in [-0.25, -0.2) is 0 Å². The van der Waals surface area contributed by atoms with Crippen LogP contribution >= 0.6 is 0 Å². The standard InChI is InChI=1S/C13H24.H3N/c1-3-7-12(8-4-1)11-13-9-5-2-6-10-13;/h12-13H,1-11H2;1H3. The molecule has 14 heavy (non-hydrogen) atoms. The van der Waals surface area contributed by atoms with Crippen molar-refractivity contribution in [3.63, 3.8) is 0 Å². The van der Waals surface area contributed by atoms with E-state index in [0.717, 1.165) is 11.8 Å². The van der Waals surface area contributed by atoms with E-state index >= 15 is 0 Å². The van der Waals surface area contributed by atoms with E-state index in [9.17, 15) is 0 Å². The Kier molecular flexibility index (Phi) is 5.54. The minimum absolute atomic E-state index is 0. The Hall–Kier alpha value is -0.0400. The van der Waals surface area contributed by atoms with Gasteiger partial charge in [-0.1, -0.05) is 64.2 Å². The van der Waals surface area contributed by atoms with Gasteiger partial charge in [0.05, 0.1) is 0 Å². The molecule has 0 amide bonds. The van der Waals surface area contributed by atoms with Crippen molar-refractivity contribution >= 4 is 0 Å². The SMILES string of the molecule is C1CCC(CC2CCCCC2)CC1.N. The van der Waals surface area contributed by atoms with Crippen molar-refractivity contribution in [2.75, 3.05) is 0 Å². The van der Waals surface area contributed by atoms with Crippen molar-refractivity contribution in [2.24, 2.45) is 11.8 Å². The van der Waals surface area contributed by atoms with Crippen molar-refractivity contribution in [3.8, 4) is 0 Å².